The molecule has 1 aromatic carbocycles. The molecule has 0 spiro atoms. The van der Waals surface area contributed by atoms with Crippen LogP contribution in [-0.4, -0.2) is 16.3 Å². The number of nitrogens with two attached hydrogens (primary N) is 1. The molecule has 0 saturated carbocycles. The summed E-state index contributed by atoms with van der Waals surface area (Å²) in [7, 11) is 1.89. The molecule has 2 N–H and O–H groups in total. The summed E-state index contributed by atoms with van der Waals surface area (Å²) in [6.07, 6.45) is 2.81. The lowest BCUT2D eigenvalue weighted by atomic mass is 10.1. The monoisotopic (exact) mass is 231 g/mol. The summed E-state index contributed by atoms with van der Waals surface area (Å²) in [6, 6.07) is 9.96. The third kappa shape index (κ3) is 3.32. The fraction of sp³-hybridized carbons (Fsp3) is 0.308. The topological polar surface area (TPSA) is 53.1 Å². The number of ether oxygens (including phenoxy) is 1. The van der Waals surface area contributed by atoms with Crippen molar-refractivity contribution in [2.45, 2.75) is 13.0 Å². The Balaban J connectivity index is 1.90. The summed E-state index contributed by atoms with van der Waals surface area (Å²) in [5.41, 5.74) is 7.66. The van der Waals surface area contributed by atoms with Crippen LogP contribution in [-0.2, 0) is 20.1 Å². The third-order valence-electron chi connectivity index (χ3n) is 2.51. The molecule has 4 nitrogen and oxygen atoms in total. The Morgan fingerprint density at radius 3 is 2.59 bits per heavy atom. The lowest BCUT2D eigenvalue weighted by Gasteiger charge is -2.05. The molecule has 4 heteroatoms. The number of hydrogen-bond donors (Lipinski definition) is 1. The van der Waals surface area contributed by atoms with Crippen LogP contribution in [0.15, 0.2) is 36.5 Å². The van der Waals surface area contributed by atoms with E-state index in [2.05, 4.69) is 5.10 Å². The zero-order valence-electron chi connectivity index (χ0n) is 9.97. The van der Waals surface area contributed by atoms with Gasteiger partial charge in [-0.1, -0.05) is 12.1 Å². The van der Waals surface area contributed by atoms with Crippen molar-refractivity contribution in [3.63, 3.8) is 0 Å². The van der Waals surface area contributed by atoms with E-state index < -0.39 is 0 Å². The summed E-state index contributed by atoms with van der Waals surface area (Å²) in [5.74, 6) is 0.858. The Morgan fingerprint density at radius 2 is 2.00 bits per heavy atom. The fourth-order valence-electron chi connectivity index (χ4n) is 1.62. The molecule has 0 atom stereocenters. The van der Waals surface area contributed by atoms with Gasteiger partial charge in [0.05, 0.1) is 5.69 Å². The SMILES string of the molecule is Cn1ccc(COc2ccc(CCN)cc2)n1. The first-order chi connectivity index (χ1) is 8.28. The fourth-order valence-corrected chi connectivity index (χ4v) is 1.62. The van der Waals surface area contributed by atoms with Crippen LogP contribution in [0.25, 0.3) is 0 Å². The van der Waals surface area contributed by atoms with Gasteiger partial charge in [0.25, 0.3) is 0 Å². The molecule has 0 unspecified atom stereocenters. The molecule has 1 heterocycles. The molecular formula is C13H17N3O. The Morgan fingerprint density at radius 1 is 1.24 bits per heavy atom. The van der Waals surface area contributed by atoms with Crippen molar-refractivity contribution >= 4 is 0 Å². The quantitative estimate of drug-likeness (QED) is 0.848. The second-order valence-corrected chi connectivity index (χ2v) is 3.95. The van der Waals surface area contributed by atoms with Crippen molar-refractivity contribution in [3.05, 3.63) is 47.8 Å². The molecule has 1 aromatic heterocycles. The van der Waals surface area contributed by atoms with Crippen molar-refractivity contribution < 1.29 is 4.74 Å². The number of aryl methyl sites for hydroxylation is 1. The molecule has 17 heavy (non-hydrogen) atoms. The standard InChI is InChI=1S/C13H17N3O/c1-16-9-7-12(15-16)10-17-13-4-2-11(3-5-13)6-8-14/h2-5,7,9H,6,8,10,14H2,1H3. The highest BCUT2D eigenvalue weighted by atomic mass is 16.5. The third-order valence-corrected chi connectivity index (χ3v) is 2.51. The molecule has 0 aliphatic rings. The lowest BCUT2D eigenvalue weighted by Crippen LogP contribution is -2.02. The van der Waals surface area contributed by atoms with Gasteiger partial charge >= 0.3 is 0 Å². The van der Waals surface area contributed by atoms with Gasteiger partial charge in [0, 0.05) is 13.2 Å². The minimum atomic E-state index is 0.497. The van der Waals surface area contributed by atoms with Gasteiger partial charge in [-0.05, 0) is 36.7 Å². The molecule has 0 radical (unpaired) electrons. The minimum absolute atomic E-state index is 0.497. The Bertz CT molecular complexity index is 462. The van der Waals surface area contributed by atoms with Crippen LogP contribution in [0.4, 0.5) is 0 Å². The summed E-state index contributed by atoms with van der Waals surface area (Å²) in [5, 5.41) is 4.25. The van der Waals surface area contributed by atoms with E-state index in [1.165, 1.54) is 5.56 Å². The minimum Gasteiger partial charge on any atom is -0.487 e. The summed E-state index contributed by atoms with van der Waals surface area (Å²) in [6.45, 7) is 1.17. The first-order valence-corrected chi connectivity index (χ1v) is 5.68. The largest absolute Gasteiger partial charge is 0.487 e. The Kier molecular flexibility index (Phi) is 3.77. The zero-order chi connectivity index (χ0) is 12.1. The molecular weight excluding hydrogens is 214 g/mol. The molecule has 2 aromatic rings. The van der Waals surface area contributed by atoms with E-state index in [1.807, 2.05) is 43.6 Å². The van der Waals surface area contributed by atoms with Gasteiger partial charge in [-0.15, -0.1) is 0 Å². The van der Waals surface area contributed by atoms with E-state index in [4.69, 9.17) is 10.5 Å². The average Bonchev–Trinajstić information content (AvgIpc) is 2.75. The first kappa shape index (κ1) is 11.7. The van der Waals surface area contributed by atoms with E-state index in [1.54, 1.807) is 4.68 Å². The summed E-state index contributed by atoms with van der Waals surface area (Å²) >= 11 is 0. The van der Waals surface area contributed by atoms with Crippen molar-refractivity contribution in [3.8, 4) is 5.75 Å². The molecule has 0 bridgehead atoms. The number of benzene rings is 1. The van der Waals surface area contributed by atoms with E-state index in [9.17, 15) is 0 Å². The lowest BCUT2D eigenvalue weighted by molar-refractivity contribution is 0.300. The van der Waals surface area contributed by atoms with Crippen LogP contribution >= 0.6 is 0 Å². The predicted octanol–water partition coefficient (Wildman–Crippen LogP) is 1.50. The van der Waals surface area contributed by atoms with Gasteiger partial charge < -0.3 is 10.5 Å². The molecule has 90 valence electrons. The normalized spacial score (nSPS) is 10.5. The first-order valence-electron chi connectivity index (χ1n) is 5.68. The molecule has 0 aliphatic heterocycles. The average molecular weight is 231 g/mol. The van der Waals surface area contributed by atoms with Crippen LogP contribution in [0.2, 0.25) is 0 Å². The molecule has 2 rings (SSSR count). The van der Waals surface area contributed by atoms with Crippen LogP contribution in [0.3, 0.4) is 0 Å². The van der Waals surface area contributed by atoms with Crippen LogP contribution in [0, 0.1) is 0 Å². The van der Waals surface area contributed by atoms with E-state index in [0.29, 0.717) is 13.2 Å². The Labute approximate surface area is 101 Å². The molecule has 0 aliphatic carbocycles. The van der Waals surface area contributed by atoms with Gasteiger partial charge in [-0.3, -0.25) is 4.68 Å². The van der Waals surface area contributed by atoms with Gasteiger partial charge in [0.1, 0.15) is 12.4 Å². The molecule has 0 saturated heterocycles. The highest BCUT2D eigenvalue weighted by Crippen LogP contribution is 2.13. The zero-order valence-corrected chi connectivity index (χ0v) is 9.97. The second-order valence-electron chi connectivity index (χ2n) is 3.95. The maximum absolute atomic E-state index is 5.63. The highest BCUT2D eigenvalue weighted by Gasteiger charge is 1.99. The molecule has 0 fully saturated rings. The number of nitrogens with zero attached hydrogens (tertiary/aromatic N) is 2. The van der Waals surface area contributed by atoms with Gasteiger partial charge in [-0.25, -0.2) is 0 Å². The van der Waals surface area contributed by atoms with Gasteiger partial charge in [0.2, 0.25) is 0 Å². The van der Waals surface area contributed by atoms with Crippen molar-refractivity contribution in [2.75, 3.05) is 6.54 Å². The maximum atomic E-state index is 5.63. The van der Waals surface area contributed by atoms with Crippen molar-refractivity contribution in [1.29, 1.82) is 0 Å². The van der Waals surface area contributed by atoms with E-state index in [0.717, 1.165) is 17.9 Å². The van der Waals surface area contributed by atoms with Crippen LogP contribution in [0.1, 0.15) is 11.3 Å². The smallest absolute Gasteiger partial charge is 0.132 e. The number of hydrogen-bond acceptors (Lipinski definition) is 3. The van der Waals surface area contributed by atoms with Crippen molar-refractivity contribution in [1.82, 2.24) is 9.78 Å². The van der Waals surface area contributed by atoms with E-state index >= 15 is 0 Å². The van der Waals surface area contributed by atoms with E-state index in [-0.39, 0.29) is 0 Å². The number of aromatic nitrogens is 2. The van der Waals surface area contributed by atoms with Gasteiger partial charge in [-0.2, -0.15) is 5.10 Å². The Hall–Kier alpha value is -1.81. The van der Waals surface area contributed by atoms with Crippen LogP contribution in [0.5, 0.6) is 5.75 Å². The van der Waals surface area contributed by atoms with Gasteiger partial charge in [0.15, 0.2) is 0 Å². The number of rotatable bonds is 5. The predicted molar refractivity (Wildman–Crippen MR) is 66.7 cm³/mol. The van der Waals surface area contributed by atoms with Crippen LogP contribution < -0.4 is 10.5 Å². The summed E-state index contributed by atoms with van der Waals surface area (Å²) < 4.78 is 7.40. The molecule has 0 amide bonds. The summed E-state index contributed by atoms with van der Waals surface area (Å²) in [4.78, 5) is 0. The maximum Gasteiger partial charge on any atom is 0.132 e. The van der Waals surface area contributed by atoms with Crippen molar-refractivity contribution in [2.24, 2.45) is 12.8 Å². The second kappa shape index (κ2) is 5.50. The highest BCUT2D eigenvalue weighted by molar-refractivity contribution is 5.27.